The lowest BCUT2D eigenvalue weighted by Crippen LogP contribution is -2.56. The van der Waals surface area contributed by atoms with Crippen LogP contribution in [0.1, 0.15) is 55.2 Å². The van der Waals surface area contributed by atoms with E-state index in [0.29, 0.717) is 31.4 Å². The molecule has 3 aromatic carbocycles. The van der Waals surface area contributed by atoms with Gasteiger partial charge in [-0.25, -0.2) is 8.42 Å². The zero-order valence-electron chi connectivity index (χ0n) is 26.5. The van der Waals surface area contributed by atoms with Crippen molar-refractivity contribution in [2.75, 3.05) is 6.54 Å². The van der Waals surface area contributed by atoms with Crippen molar-refractivity contribution in [3.05, 3.63) is 108 Å². The summed E-state index contributed by atoms with van der Waals surface area (Å²) in [7, 11) is -3.82. The number of carbonyl (C=O) groups excluding carboxylic acids is 3. The molecule has 48 heavy (non-hydrogen) atoms. The lowest BCUT2D eigenvalue weighted by molar-refractivity contribution is -0.139. The summed E-state index contributed by atoms with van der Waals surface area (Å²) in [5, 5.41) is 6.82. The lowest BCUT2D eigenvalue weighted by atomic mass is 10.1. The second kappa shape index (κ2) is 12.7. The zero-order valence-corrected chi connectivity index (χ0v) is 27.3. The number of oxime groups is 1. The first-order valence-electron chi connectivity index (χ1n) is 16.5. The van der Waals surface area contributed by atoms with E-state index in [2.05, 4.69) is 21.8 Å². The van der Waals surface area contributed by atoms with Gasteiger partial charge in [0.2, 0.25) is 21.8 Å². The first kappa shape index (κ1) is 31.8. The number of aryl methyl sites for hydroxylation is 1. The Morgan fingerprint density at radius 1 is 0.938 bits per heavy atom. The number of fused-ring (bicyclic) bond motifs is 3. The fraction of sp³-hybridized carbons (Fsp3) is 0.351. The third-order valence-electron chi connectivity index (χ3n) is 9.78. The molecule has 4 aliphatic rings. The number of sulfonamides is 1. The smallest absolute Gasteiger partial charge is 0.259 e. The van der Waals surface area contributed by atoms with Gasteiger partial charge in [0.25, 0.3) is 5.91 Å². The normalized spacial score (nSPS) is 23.9. The van der Waals surface area contributed by atoms with Crippen LogP contribution in [0.4, 0.5) is 0 Å². The van der Waals surface area contributed by atoms with E-state index >= 15 is 0 Å². The third kappa shape index (κ3) is 6.14. The Bertz CT molecular complexity index is 1860. The van der Waals surface area contributed by atoms with Gasteiger partial charge in [-0.1, -0.05) is 90.1 Å². The predicted molar refractivity (Wildman–Crippen MR) is 181 cm³/mol. The Morgan fingerprint density at radius 3 is 2.17 bits per heavy atom. The van der Waals surface area contributed by atoms with Crippen molar-refractivity contribution in [1.82, 2.24) is 14.9 Å². The van der Waals surface area contributed by atoms with Crippen LogP contribution in [-0.2, 0) is 35.7 Å². The van der Waals surface area contributed by atoms with E-state index in [0.717, 1.165) is 27.8 Å². The molecule has 1 saturated heterocycles. The summed E-state index contributed by atoms with van der Waals surface area (Å²) in [5.41, 5.74) is 4.36. The van der Waals surface area contributed by atoms with E-state index in [1.54, 1.807) is 6.08 Å². The van der Waals surface area contributed by atoms with Crippen molar-refractivity contribution in [2.45, 2.75) is 67.9 Å². The molecule has 3 aliphatic carbocycles. The summed E-state index contributed by atoms with van der Waals surface area (Å²) in [6.07, 6.45) is 3.87. The maximum atomic E-state index is 14.0. The number of nitrogens with zero attached hydrogens (tertiary/aromatic N) is 2. The van der Waals surface area contributed by atoms with E-state index in [9.17, 15) is 22.8 Å². The minimum Gasteiger partial charge on any atom is -0.390 e. The summed E-state index contributed by atoms with van der Waals surface area (Å²) in [6, 6.07) is 24.9. The average molecular weight is 667 g/mol. The van der Waals surface area contributed by atoms with Gasteiger partial charge in [0.05, 0.1) is 11.8 Å². The highest BCUT2D eigenvalue weighted by Gasteiger charge is 2.62. The maximum Gasteiger partial charge on any atom is 0.259 e. The summed E-state index contributed by atoms with van der Waals surface area (Å²) < 4.78 is 27.4. The SMILES string of the molecule is C=C[C@@H]1C[C@@]1(NC(=O)C1CC(ON=C2c3ccccc3-c3ccccc32)CN1C(=O)CCCc1ccccc1)C(=O)NS(=O)(=O)C1CC1. The van der Waals surface area contributed by atoms with Crippen LogP contribution in [0.15, 0.2) is 96.7 Å². The van der Waals surface area contributed by atoms with Crippen LogP contribution < -0.4 is 10.0 Å². The average Bonchev–Trinajstić information content (AvgIpc) is 4.00. The maximum absolute atomic E-state index is 14.0. The highest BCUT2D eigenvalue weighted by molar-refractivity contribution is 7.91. The van der Waals surface area contributed by atoms with Crippen molar-refractivity contribution >= 4 is 33.5 Å². The molecule has 248 valence electrons. The Hall–Kier alpha value is -4.77. The summed E-state index contributed by atoms with van der Waals surface area (Å²) in [6.45, 7) is 3.92. The topological polar surface area (TPSA) is 134 Å². The Kier molecular flexibility index (Phi) is 8.41. The van der Waals surface area contributed by atoms with E-state index in [1.807, 2.05) is 78.9 Å². The molecule has 3 fully saturated rings. The van der Waals surface area contributed by atoms with E-state index in [-0.39, 0.29) is 31.7 Å². The van der Waals surface area contributed by atoms with Crippen LogP contribution in [0, 0.1) is 5.92 Å². The molecule has 0 aromatic heterocycles. The third-order valence-corrected chi connectivity index (χ3v) is 11.6. The minimum absolute atomic E-state index is 0.141. The number of nitrogens with one attached hydrogen (secondary N) is 2. The Balaban J connectivity index is 1.10. The molecule has 1 aliphatic heterocycles. The molecule has 0 bridgehead atoms. The Labute approximate surface area is 280 Å². The number of hydrogen-bond donors (Lipinski definition) is 2. The quantitative estimate of drug-likeness (QED) is 0.173. The molecule has 2 unspecified atom stereocenters. The van der Waals surface area contributed by atoms with E-state index < -0.39 is 50.7 Å². The first-order valence-corrected chi connectivity index (χ1v) is 18.0. The molecule has 10 nitrogen and oxygen atoms in total. The number of benzene rings is 3. The molecule has 11 heteroatoms. The first-order chi connectivity index (χ1) is 23.2. The largest absolute Gasteiger partial charge is 0.390 e. The number of hydrogen-bond acceptors (Lipinski definition) is 7. The van der Waals surface area contributed by atoms with Crippen LogP contribution >= 0.6 is 0 Å². The highest BCUT2D eigenvalue weighted by Crippen LogP contribution is 2.45. The number of likely N-dealkylation sites (tertiary alicyclic amines) is 1. The van der Waals surface area contributed by atoms with Gasteiger partial charge in [0, 0.05) is 29.9 Å². The lowest BCUT2D eigenvalue weighted by Gasteiger charge is -2.26. The summed E-state index contributed by atoms with van der Waals surface area (Å²) in [5.74, 6) is -1.95. The molecule has 3 aromatic rings. The second-order valence-corrected chi connectivity index (χ2v) is 15.0. The molecule has 0 spiro atoms. The van der Waals surface area contributed by atoms with Gasteiger partial charge in [-0.05, 0) is 48.8 Å². The standard InChI is InChI=1S/C37H38N4O6S/c1-2-25-22-37(25,36(44)40-48(45,46)27-19-20-27)38-35(43)32-21-26(23-41(32)33(42)18-10-13-24-11-4-3-5-12-24)47-39-34-30-16-8-6-14-28(30)29-15-7-9-17-31(29)34/h2-9,11-12,14-17,25-27,32H,1,10,13,18-23H2,(H,38,43)(H,40,44)/t25-,26?,32?,37+/m1/s1. The molecule has 2 N–H and O–H groups in total. The van der Waals surface area contributed by atoms with Crippen molar-refractivity contribution < 1.29 is 27.6 Å². The fourth-order valence-electron chi connectivity index (χ4n) is 6.87. The van der Waals surface area contributed by atoms with E-state index in [4.69, 9.17) is 4.84 Å². The van der Waals surface area contributed by atoms with Crippen molar-refractivity contribution in [3.8, 4) is 11.1 Å². The molecular formula is C37H38N4O6S. The van der Waals surface area contributed by atoms with Gasteiger partial charge >= 0.3 is 0 Å². The monoisotopic (exact) mass is 666 g/mol. The van der Waals surface area contributed by atoms with Gasteiger partial charge in [0.1, 0.15) is 23.4 Å². The van der Waals surface area contributed by atoms with E-state index in [1.165, 1.54) is 4.90 Å². The Morgan fingerprint density at radius 2 is 1.56 bits per heavy atom. The van der Waals surface area contributed by atoms with Gasteiger partial charge in [-0.2, -0.15) is 0 Å². The highest BCUT2D eigenvalue weighted by atomic mass is 32.2. The number of carbonyl (C=O) groups is 3. The number of rotatable bonds is 12. The van der Waals surface area contributed by atoms with Crippen molar-refractivity contribution in [3.63, 3.8) is 0 Å². The molecule has 3 amide bonds. The minimum atomic E-state index is -3.82. The molecule has 1 heterocycles. The van der Waals surface area contributed by atoms with Crippen LogP contribution in [0.2, 0.25) is 0 Å². The molecule has 0 radical (unpaired) electrons. The molecule has 4 atom stereocenters. The number of amides is 3. The fourth-order valence-corrected chi connectivity index (χ4v) is 8.23. The molecule has 7 rings (SSSR count). The van der Waals surface area contributed by atoms with Gasteiger partial charge in [0.15, 0.2) is 0 Å². The van der Waals surface area contributed by atoms with Crippen LogP contribution in [-0.4, -0.2) is 66.2 Å². The zero-order chi connectivity index (χ0) is 33.5. The molecule has 2 saturated carbocycles. The van der Waals surface area contributed by atoms with Crippen molar-refractivity contribution in [1.29, 1.82) is 0 Å². The van der Waals surface area contributed by atoms with Gasteiger partial charge in [-0.15, -0.1) is 6.58 Å². The van der Waals surface area contributed by atoms with Crippen molar-refractivity contribution in [2.24, 2.45) is 11.1 Å². The van der Waals surface area contributed by atoms with Crippen LogP contribution in [0.3, 0.4) is 0 Å². The van der Waals surface area contributed by atoms with Crippen LogP contribution in [0.25, 0.3) is 11.1 Å². The summed E-state index contributed by atoms with van der Waals surface area (Å²) in [4.78, 5) is 48.6. The summed E-state index contributed by atoms with van der Waals surface area (Å²) >= 11 is 0. The molecular weight excluding hydrogens is 628 g/mol. The predicted octanol–water partition coefficient (Wildman–Crippen LogP) is 4.10. The second-order valence-electron chi connectivity index (χ2n) is 13.1. The van der Waals surface area contributed by atoms with Gasteiger partial charge in [-0.3, -0.25) is 19.1 Å². The van der Waals surface area contributed by atoms with Gasteiger partial charge < -0.3 is 15.1 Å². The van der Waals surface area contributed by atoms with Crippen LogP contribution in [0.5, 0.6) is 0 Å².